The minimum absolute atomic E-state index is 0.308. The Labute approximate surface area is 141 Å². The molecule has 0 saturated heterocycles. The first-order chi connectivity index (χ1) is 11.2. The van der Waals surface area contributed by atoms with Crippen molar-refractivity contribution in [3.63, 3.8) is 0 Å². The third-order valence-corrected chi connectivity index (χ3v) is 3.53. The number of benzene rings is 2. The Balaban J connectivity index is 1.72. The molecule has 0 saturated carbocycles. The Hall–Kier alpha value is -2.20. The van der Waals surface area contributed by atoms with E-state index in [9.17, 15) is 4.79 Å². The maximum absolute atomic E-state index is 11.6. The fourth-order valence-electron chi connectivity index (χ4n) is 2.17. The normalized spacial score (nSPS) is 10.2. The number of hydrogen-bond donors (Lipinski definition) is 0. The molecule has 0 aliphatic heterocycles. The second kappa shape index (κ2) is 9.06. The van der Waals surface area contributed by atoms with E-state index in [1.54, 1.807) is 24.3 Å². The molecule has 0 spiro atoms. The average Bonchev–Trinajstić information content (AvgIpc) is 2.56. The van der Waals surface area contributed by atoms with E-state index in [-0.39, 0.29) is 0 Å². The Morgan fingerprint density at radius 2 is 1.91 bits per heavy atom. The Morgan fingerprint density at radius 1 is 1.13 bits per heavy atom. The van der Waals surface area contributed by atoms with E-state index in [1.807, 2.05) is 30.3 Å². The summed E-state index contributed by atoms with van der Waals surface area (Å²) in [5.74, 6) is 0.478. The first-order valence-electron chi connectivity index (χ1n) is 7.59. The minimum Gasteiger partial charge on any atom is -0.434 e. The molecule has 0 radical (unpaired) electrons. The van der Waals surface area contributed by atoms with E-state index in [0.29, 0.717) is 23.8 Å². The molecular weight excluding hydrogens is 314 g/mol. The number of hydrogen-bond acceptors (Lipinski definition) is 4. The van der Waals surface area contributed by atoms with Gasteiger partial charge in [-0.15, -0.1) is 0 Å². The molecule has 0 amide bonds. The van der Waals surface area contributed by atoms with E-state index >= 15 is 0 Å². The van der Waals surface area contributed by atoms with Gasteiger partial charge in [0.25, 0.3) is 0 Å². The number of halogens is 1. The van der Waals surface area contributed by atoms with Crippen molar-refractivity contribution in [2.75, 3.05) is 24.6 Å². The summed E-state index contributed by atoms with van der Waals surface area (Å²) in [5, 5.41) is 0.712. The first-order valence-corrected chi connectivity index (χ1v) is 7.97. The number of ether oxygens (including phenoxy) is 2. The molecule has 0 atom stereocenters. The lowest BCUT2D eigenvalue weighted by Gasteiger charge is -2.23. The van der Waals surface area contributed by atoms with Gasteiger partial charge in [-0.3, -0.25) is 0 Å². The van der Waals surface area contributed by atoms with Crippen LogP contribution in [-0.2, 0) is 4.74 Å². The smallest absolute Gasteiger partial charge is 0.434 e. The Bertz CT molecular complexity index is 619. The molecule has 0 aromatic heterocycles. The fourth-order valence-corrected chi connectivity index (χ4v) is 2.35. The Morgan fingerprint density at radius 3 is 2.61 bits per heavy atom. The van der Waals surface area contributed by atoms with Crippen molar-refractivity contribution in [1.82, 2.24) is 0 Å². The highest BCUT2D eigenvalue weighted by atomic mass is 35.5. The van der Waals surface area contributed by atoms with Gasteiger partial charge in [-0.25, -0.2) is 4.79 Å². The van der Waals surface area contributed by atoms with Crippen LogP contribution in [0.2, 0.25) is 5.02 Å². The third kappa shape index (κ3) is 5.83. The predicted octanol–water partition coefficient (Wildman–Crippen LogP) is 4.77. The Kier molecular flexibility index (Phi) is 6.76. The lowest BCUT2D eigenvalue weighted by molar-refractivity contribution is 0.0984. The molecule has 5 heteroatoms. The van der Waals surface area contributed by atoms with Crippen LogP contribution in [-0.4, -0.2) is 25.9 Å². The molecule has 2 aromatic carbocycles. The van der Waals surface area contributed by atoms with Gasteiger partial charge in [0.1, 0.15) is 5.75 Å². The highest BCUT2D eigenvalue weighted by Crippen LogP contribution is 2.19. The summed E-state index contributed by atoms with van der Waals surface area (Å²) >= 11 is 6.01. The molecule has 0 aliphatic rings. The molecular formula is C18H20ClNO3. The summed E-state index contributed by atoms with van der Waals surface area (Å²) in [4.78, 5) is 13.7. The highest BCUT2D eigenvalue weighted by molar-refractivity contribution is 6.30. The van der Waals surface area contributed by atoms with Gasteiger partial charge < -0.3 is 14.4 Å². The molecule has 2 rings (SSSR count). The summed E-state index contributed by atoms with van der Waals surface area (Å²) in [6.07, 6.45) is 0.0338. The fraction of sp³-hybridized carbons (Fsp3) is 0.278. The van der Waals surface area contributed by atoms with Crippen molar-refractivity contribution >= 4 is 23.4 Å². The molecule has 23 heavy (non-hydrogen) atoms. The molecule has 0 aliphatic carbocycles. The monoisotopic (exact) mass is 333 g/mol. The largest absolute Gasteiger partial charge is 0.513 e. The predicted molar refractivity (Wildman–Crippen MR) is 92.4 cm³/mol. The molecule has 0 N–H and O–H groups in total. The molecule has 0 bridgehead atoms. The van der Waals surface area contributed by atoms with E-state index < -0.39 is 6.16 Å². The summed E-state index contributed by atoms with van der Waals surface area (Å²) in [7, 11) is 0. The molecule has 0 fully saturated rings. The number of carbonyl (C=O) groups excluding carboxylic acids is 1. The molecule has 2 aromatic rings. The summed E-state index contributed by atoms with van der Waals surface area (Å²) in [5.41, 5.74) is 1.06. The molecule has 122 valence electrons. The van der Waals surface area contributed by atoms with Gasteiger partial charge in [0, 0.05) is 23.8 Å². The third-order valence-electron chi connectivity index (χ3n) is 3.29. The molecule has 0 unspecified atom stereocenters. The number of anilines is 1. The summed E-state index contributed by atoms with van der Waals surface area (Å²) in [6.45, 7) is 4.01. The quantitative estimate of drug-likeness (QED) is 0.415. The van der Waals surface area contributed by atoms with Crippen LogP contribution in [0, 0.1) is 0 Å². The van der Waals surface area contributed by atoms with Gasteiger partial charge >= 0.3 is 6.16 Å². The standard InChI is InChI=1S/C18H20ClNO3/c1-2-20(16-9-6-8-15(19)14-16)12-7-13-22-18(21)23-17-10-4-3-5-11-17/h3-6,8-11,14H,2,7,12-13H2,1H3. The van der Waals surface area contributed by atoms with Crippen molar-refractivity contribution in [3.05, 3.63) is 59.6 Å². The van der Waals surface area contributed by atoms with Gasteiger partial charge in [-0.05, 0) is 43.7 Å². The van der Waals surface area contributed by atoms with Crippen LogP contribution in [0.1, 0.15) is 13.3 Å². The van der Waals surface area contributed by atoms with Gasteiger partial charge in [-0.1, -0.05) is 35.9 Å². The lowest BCUT2D eigenvalue weighted by Crippen LogP contribution is -2.25. The van der Waals surface area contributed by atoms with Crippen molar-refractivity contribution in [2.24, 2.45) is 0 Å². The SMILES string of the molecule is CCN(CCCOC(=O)Oc1ccccc1)c1cccc(Cl)c1. The number of rotatable bonds is 7. The highest BCUT2D eigenvalue weighted by Gasteiger charge is 2.07. The van der Waals surface area contributed by atoms with Crippen LogP contribution in [0.25, 0.3) is 0 Å². The second-order valence-electron chi connectivity index (χ2n) is 4.93. The van der Waals surface area contributed by atoms with Crippen LogP contribution in [0.5, 0.6) is 5.75 Å². The van der Waals surface area contributed by atoms with Crippen LogP contribution < -0.4 is 9.64 Å². The minimum atomic E-state index is -0.679. The lowest BCUT2D eigenvalue weighted by atomic mass is 10.2. The van der Waals surface area contributed by atoms with Gasteiger partial charge in [-0.2, -0.15) is 0 Å². The van der Waals surface area contributed by atoms with Crippen LogP contribution in [0.4, 0.5) is 10.5 Å². The van der Waals surface area contributed by atoms with Crippen LogP contribution in [0.3, 0.4) is 0 Å². The maximum Gasteiger partial charge on any atom is 0.513 e. The number of para-hydroxylation sites is 1. The van der Waals surface area contributed by atoms with Gasteiger partial charge in [0.05, 0.1) is 6.61 Å². The molecule has 4 nitrogen and oxygen atoms in total. The number of carbonyl (C=O) groups is 1. The van der Waals surface area contributed by atoms with Gasteiger partial charge in [0.2, 0.25) is 0 Å². The van der Waals surface area contributed by atoms with Crippen molar-refractivity contribution < 1.29 is 14.3 Å². The zero-order chi connectivity index (χ0) is 16.5. The summed E-state index contributed by atoms with van der Waals surface area (Å²) < 4.78 is 10.1. The maximum atomic E-state index is 11.6. The zero-order valence-corrected chi connectivity index (χ0v) is 13.8. The van der Waals surface area contributed by atoms with Crippen molar-refractivity contribution in [1.29, 1.82) is 0 Å². The number of nitrogens with zero attached hydrogens (tertiary/aromatic N) is 1. The van der Waals surface area contributed by atoms with Crippen molar-refractivity contribution in [3.8, 4) is 5.75 Å². The first kappa shape index (κ1) is 17.2. The van der Waals surface area contributed by atoms with E-state index in [4.69, 9.17) is 21.1 Å². The van der Waals surface area contributed by atoms with Crippen LogP contribution >= 0.6 is 11.6 Å². The second-order valence-corrected chi connectivity index (χ2v) is 5.36. The van der Waals surface area contributed by atoms with E-state index in [2.05, 4.69) is 11.8 Å². The van der Waals surface area contributed by atoms with Gasteiger partial charge in [0.15, 0.2) is 0 Å². The summed E-state index contributed by atoms with van der Waals surface area (Å²) in [6, 6.07) is 16.6. The van der Waals surface area contributed by atoms with E-state index in [1.165, 1.54) is 0 Å². The topological polar surface area (TPSA) is 38.8 Å². The molecule has 0 heterocycles. The van der Waals surface area contributed by atoms with Crippen LogP contribution in [0.15, 0.2) is 54.6 Å². The zero-order valence-electron chi connectivity index (χ0n) is 13.1. The van der Waals surface area contributed by atoms with Crippen molar-refractivity contribution in [2.45, 2.75) is 13.3 Å². The average molecular weight is 334 g/mol. The van der Waals surface area contributed by atoms with E-state index in [0.717, 1.165) is 18.8 Å².